The number of hydrogen-bond acceptors (Lipinski definition) is 4. The largest absolute Gasteiger partial charge is 0.497 e. The van der Waals surface area contributed by atoms with Crippen LogP contribution in [0.5, 0.6) is 5.75 Å². The number of benzene rings is 1. The number of methoxy groups -OCH3 is 1. The van der Waals surface area contributed by atoms with Crippen LogP contribution in [0.1, 0.15) is 17.2 Å². The molecule has 1 aromatic heterocycles. The zero-order valence-corrected chi connectivity index (χ0v) is 9.93. The molecule has 18 heavy (non-hydrogen) atoms. The minimum Gasteiger partial charge on any atom is -0.497 e. The van der Waals surface area contributed by atoms with E-state index < -0.39 is 6.04 Å². The van der Waals surface area contributed by atoms with Crippen molar-refractivity contribution >= 4 is 0 Å². The summed E-state index contributed by atoms with van der Waals surface area (Å²) in [6, 6.07) is 7.84. The third-order valence-electron chi connectivity index (χ3n) is 2.70. The van der Waals surface area contributed by atoms with E-state index in [0.29, 0.717) is 11.3 Å². The van der Waals surface area contributed by atoms with Gasteiger partial charge in [0.05, 0.1) is 13.2 Å². The summed E-state index contributed by atoms with van der Waals surface area (Å²) in [5, 5.41) is 0. The highest BCUT2D eigenvalue weighted by Crippen LogP contribution is 2.25. The zero-order valence-electron chi connectivity index (χ0n) is 9.93. The standard InChI is InChI=1S/C13H14FN3O/c1-18-10-4-5-11(12(14)7-10)13(17-15)9-3-2-6-16-8-9/h2-8,13,17H,15H2,1H3. The molecule has 0 amide bonds. The van der Waals surface area contributed by atoms with Crippen LogP contribution in [0.15, 0.2) is 42.7 Å². The Balaban J connectivity index is 2.39. The second-order valence-electron chi connectivity index (χ2n) is 3.77. The van der Waals surface area contributed by atoms with Crippen LogP contribution in [0.3, 0.4) is 0 Å². The van der Waals surface area contributed by atoms with E-state index in [-0.39, 0.29) is 5.82 Å². The number of hydrazine groups is 1. The highest BCUT2D eigenvalue weighted by molar-refractivity contribution is 5.35. The summed E-state index contributed by atoms with van der Waals surface area (Å²) < 4.78 is 18.9. The number of halogens is 1. The Morgan fingerprint density at radius 3 is 2.78 bits per heavy atom. The monoisotopic (exact) mass is 247 g/mol. The van der Waals surface area contributed by atoms with Gasteiger partial charge in [0.15, 0.2) is 0 Å². The number of rotatable bonds is 4. The van der Waals surface area contributed by atoms with Crippen molar-refractivity contribution < 1.29 is 9.13 Å². The van der Waals surface area contributed by atoms with Crippen LogP contribution in [0.4, 0.5) is 4.39 Å². The van der Waals surface area contributed by atoms with E-state index in [1.165, 1.54) is 13.2 Å². The van der Waals surface area contributed by atoms with Gasteiger partial charge in [-0.15, -0.1) is 0 Å². The van der Waals surface area contributed by atoms with E-state index >= 15 is 0 Å². The predicted octanol–water partition coefficient (Wildman–Crippen LogP) is 1.78. The molecule has 3 N–H and O–H groups in total. The van der Waals surface area contributed by atoms with Crippen molar-refractivity contribution in [3.05, 3.63) is 59.7 Å². The number of hydrogen-bond donors (Lipinski definition) is 2. The molecule has 5 heteroatoms. The quantitative estimate of drug-likeness (QED) is 0.638. The van der Waals surface area contributed by atoms with Crippen LogP contribution in [0.25, 0.3) is 0 Å². The Bertz CT molecular complexity index is 519. The average molecular weight is 247 g/mol. The molecule has 0 fully saturated rings. The normalized spacial score (nSPS) is 12.2. The molecule has 1 unspecified atom stereocenters. The van der Waals surface area contributed by atoms with Crippen molar-refractivity contribution in [1.29, 1.82) is 0 Å². The number of nitrogens with two attached hydrogens (primary N) is 1. The fourth-order valence-corrected chi connectivity index (χ4v) is 1.78. The van der Waals surface area contributed by atoms with E-state index in [1.54, 1.807) is 30.6 Å². The summed E-state index contributed by atoms with van der Waals surface area (Å²) in [4.78, 5) is 4.00. The molecule has 0 aliphatic heterocycles. The molecule has 0 aliphatic carbocycles. The van der Waals surface area contributed by atoms with E-state index in [4.69, 9.17) is 10.6 Å². The lowest BCUT2D eigenvalue weighted by atomic mass is 10.0. The molecule has 0 saturated carbocycles. The Morgan fingerprint density at radius 1 is 1.39 bits per heavy atom. The van der Waals surface area contributed by atoms with Crippen molar-refractivity contribution in [1.82, 2.24) is 10.4 Å². The second kappa shape index (κ2) is 5.57. The van der Waals surface area contributed by atoms with Crippen LogP contribution >= 0.6 is 0 Å². The molecule has 0 radical (unpaired) electrons. The lowest BCUT2D eigenvalue weighted by Crippen LogP contribution is -2.29. The van der Waals surface area contributed by atoms with Crippen LogP contribution in [0, 0.1) is 5.82 Å². The van der Waals surface area contributed by atoms with E-state index in [9.17, 15) is 4.39 Å². The van der Waals surface area contributed by atoms with Gasteiger partial charge in [-0.05, 0) is 17.7 Å². The second-order valence-corrected chi connectivity index (χ2v) is 3.77. The van der Waals surface area contributed by atoms with Crippen molar-refractivity contribution in [3.63, 3.8) is 0 Å². The van der Waals surface area contributed by atoms with Gasteiger partial charge in [-0.25, -0.2) is 9.82 Å². The Morgan fingerprint density at radius 2 is 2.22 bits per heavy atom. The van der Waals surface area contributed by atoms with Gasteiger partial charge < -0.3 is 4.74 Å². The maximum absolute atomic E-state index is 14.0. The average Bonchev–Trinajstić information content (AvgIpc) is 2.42. The van der Waals surface area contributed by atoms with Crippen LogP contribution in [-0.4, -0.2) is 12.1 Å². The van der Waals surface area contributed by atoms with Crippen LogP contribution < -0.4 is 16.0 Å². The predicted molar refractivity (Wildman–Crippen MR) is 66.4 cm³/mol. The van der Waals surface area contributed by atoms with Gasteiger partial charge in [-0.3, -0.25) is 10.8 Å². The number of nitrogens with zero attached hydrogens (tertiary/aromatic N) is 1. The summed E-state index contributed by atoms with van der Waals surface area (Å²) in [7, 11) is 1.49. The summed E-state index contributed by atoms with van der Waals surface area (Å²) >= 11 is 0. The minimum absolute atomic E-state index is 0.374. The Hall–Kier alpha value is -1.98. The molecule has 0 spiro atoms. The van der Waals surface area contributed by atoms with Gasteiger partial charge in [0.1, 0.15) is 11.6 Å². The summed E-state index contributed by atoms with van der Waals surface area (Å²) in [5.74, 6) is 5.60. The van der Waals surface area contributed by atoms with Crippen LogP contribution in [-0.2, 0) is 0 Å². The summed E-state index contributed by atoms with van der Waals surface area (Å²) in [6.07, 6.45) is 3.30. The molecule has 1 atom stereocenters. The first-order chi connectivity index (χ1) is 8.76. The molecular weight excluding hydrogens is 233 g/mol. The van der Waals surface area contributed by atoms with E-state index in [2.05, 4.69) is 10.4 Å². The molecule has 1 heterocycles. The molecule has 94 valence electrons. The maximum atomic E-state index is 14.0. The first kappa shape index (κ1) is 12.5. The topological polar surface area (TPSA) is 60.2 Å². The fourth-order valence-electron chi connectivity index (χ4n) is 1.78. The number of aromatic nitrogens is 1. The lowest BCUT2D eigenvalue weighted by Gasteiger charge is -2.17. The number of nitrogens with one attached hydrogen (secondary N) is 1. The zero-order chi connectivity index (χ0) is 13.0. The highest BCUT2D eigenvalue weighted by Gasteiger charge is 2.17. The first-order valence-corrected chi connectivity index (χ1v) is 5.45. The van der Waals surface area contributed by atoms with Gasteiger partial charge in [-0.2, -0.15) is 0 Å². The molecule has 4 nitrogen and oxygen atoms in total. The molecule has 0 saturated heterocycles. The number of ether oxygens (including phenoxy) is 1. The van der Waals surface area contributed by atoms with Crippen LogP contribution in [0.2, 0.25) is 0 Å². The van der Waals surface area contributed by atoms with E-state index in [1.807, 2.05) is 6.07 Å². The minimum atomic E-state index is -0.440. The van der Waals surface area contributed by atoms with Crippen molar-refractivity contribution in [2.75, 3.05) is 7.11 Å². The van der Waals surface area contributed by atoms with Gasteiger partial charge in [0, 0.05) is 24.0 Å². The first-order valence-electron chi connectivity index (χ1n) is 5.45. The third-order valence-corrected chi connectivity index (χ3v) is 2.70. The molecule has 2 rings (SSSR count). The Labute approximate surface area is 105 Å². The third kappa shape index (κ3) is 2.47. The molecular formula is C13H14FN3O. The highest BCUT2D eigenvalue weighted by atomic mass is 19.1. The van der Waals surface area contributed by atoms with E-state index in [0.717, 1.165) is 5.56 Å². The van der Waals surface area contributed by atoms with Gasteiger partial charge >= 0.3 is 0 Å². The van der Waals surface area contributed by atoms with Gasteiger partial charge in [-0.1, -0.05) is 12.1 Å². The van der Waals surface area contributed by atoms with Gasteiger partial charge in [0.25, 0.3) is 0 Å². The smallest absolute Gasteiger partial charge is 0.132 e. The Kier molecular flexibility index (Phi) is 3.86. The van der Waals surface area contributed by atoms with Crippen molar-refractivity contribution in [2.24, 2.45) is 5.84 Å². The SMILES string of the molecule is COc1ccc(C(NN)c2cccnc2)c(F)c1. The molecule has 0 bridgehead atoms. The maximum Gasteiger partial charge on any atom is 0.132 e. The fraction of sp³-hybridized carbons (Fsp3) is 0.154. The summed E-state index contributed by atoms with van der Waals surface area (Å²) in [6.45, 7) is 0. The van der Waals surface area contributed by atoms with Crippen molar-refractivity contribution in [3.8, 4) is 5.75 Å². The summed E-state index contributed by atoms with van der Waals surface area (Å²) in [5.41, 5.74) is 3.84. The number of pyridine rings is 1. The molecule has 1 aromatic carbocycles. The lowest BCUT2D eigenvalue weighted by molar-refractivity contribution is 0.410. The molecule has 2 aromatic rings. The van der Waals surface area contributed by atoms with Crippen molar-refractivity contribution in [2.45, 2.75) is 6.04 Å². The molecule has 0 aliphatic rings. The van der Waals surface area contributed by atoms with Gasteiger partial charge in [0.2, 0.25) is 0 Å².